The molecule has 0 radical (unpaired) electrons. The van der Waals surface area contributed by atoms with Crippen LogP contribution in [0, 0.1) is 0 Å². The molecular formula is C13H14N2O3. The first-order chi connectivity index (χ1) is 8.65. The van der Waals surface area contributed by atoms with Gasteiger partial charge in [0.05, 0.1) is 5.56 Å². The fraction of sp³-hybridized carbons (Fsp3) is 0.231. The molecule has 1 aromatic rings. The van der Waals surface area contributed by atoms with Crippen LogP contribution in [0.4, 0.5) is 10.5 Å². The minimum Gasteiger partial charge on any atom is -0.478 e. The molecule has 0 atom stereocenters. The summed E-state index contributed by atoms with van der Waals surface area (Å²) >= 11 is 0. The second kappa shape index (κ2) is 5.35. The summed E-state index contributed by atoms with van der Waals surface area (Å²) in [7, 11) is 0. The fourth-order valence-electron chi connectivity index (χ4n) is 1.82. The maximum atomic E-state index is 11.7. The van der Waals surface area contributed by atoms with Gasteiger partial charge in [-0.05, 0) is 31.0 Å². The summed E-state index contributed by atoms with van der Waals surface area (Å²) in [4.78, 5) is 22.4. The third-order valence-electron chi connectivity index (χ3n) is 2.71. The Morgan fingerprint density at radius 2 is 1.94 bits per heavy atom. The van der Waals surface area contributed by atoms with Gasteiger partial charge in [0, 0.05) is 11.7 Å². The summed E-state index contributed by atoms with van der Waals surface area (Å²) in [6.07, 6.45) is 5.72. The van der Waals surface area contributed by atoms with Crippen LogP contribution in [-0.2, 0) is 0 Å². The van der Waals surface area contributed by atoms with E-state index in [1.807, 2.05) is 12.2 Å². The lowest BCUT2D eigenvalue weighted by molar-refractivity contribution is 0.0697. The lowest BCUT2D eigenvalue weighted by atomic mass is 10.2. The zero-order valence-corrected chi connectivity index (χ0v) is 9.72. The van der Waals surface area contributed by atoms with Crippen LogP contribution in [-0.4, -0.2) is 23.1 Å². The average molecular weight is 246 g/mol. The number of carbonyl (C=O) groups excluding carboxylic acids is 1. The number of carboxylic acid groups (broad SMARTS) is 1. The third-order valence-corrected chi connectivity index (χ3v) is 2.71. The van der Waals surface area contributed by atoms with Crippen molar-refractivity contribution in [3.8, 4) is 0 Å². The number of benzene rings is 1. The molecular weight excluding hydrogens is 232 g/mol. The van der Waals surface area contributed by atoms with Crippen LogP contribution < -0.4 is 10.6 Å². The predicted molar refractivity (Wildman–Crippen MR) is 67.7 cm³/mol. The van der Waals surface area contributed by atoms with E-state index in [9.17, 15) is 9.59 Å². The van der Waals surface area contributed by atoms with E-state index >= 15 is 0 Å². The number of aromatic carboxylic acids is 1. The number of carboxylic acids is 1. The maximum absolute atomic E-state index is 11.7. The van der Waals surface area contributed by atoms with Gasteiger partial charge in [-0.2, -0.15) is 0 Å². The van der Waals surface area contributed by atoms with Crippen LogP contribution in [0.2, 0.25) is 0 Å². The summed E-state index contributed by atoms with van der Waals surface area (Å²) in [5, 5.41) is 14.3. The van der Waals surface area contributed by atoms with E-state index in [1.165, 1.54) is 12.1 Å². The first-order valence-electron chi connectivity index (χ1n) is 5.71. The number of carbonyl (C=O) groups is 2. The number of nitrogens with one attached hydrogen (secondary N) is 2. The molecule has 0 saturated heterocycles. The van der Waals surface area contributed by atoms with Crippen LogP contribution in [0.5, 0.6) is 0 Å². The number of anilines is 1. The zero-order chi connectivity index (χ0) is 13.0. The number of amides is 2. The van der Waals surface area contributed by atoms with Crippen molar-refractivity contribution in [2.45, 2.75) is 18.9 Å². The summed E-state index contributed by atoms with van der Waals surface area (Å²) < 4.78 is 0. The Morgan fingerprint density at radius 3 is 2.61 bits per heavy atom. The molecule has 0 unspecified atom stereocenters. The van der Waals surface area contributed by atoms with Gasteiger partial charge in [0.25, 0.3) is 0 Å². The topological polar surface area (TPSA) is 78.4 Å². The van der Waals surface area contributed by atoms with Gasteiger partial charge in [0.1, 0.15) is 0 Å². The highest BCUT2D eigenvalue weighted by Gasteiger charge is 2.13. The van der Waals surface area contributed by atoms with Gasteiger partial charge >= 0.3 is 12.0 Å². The molecule has 0 spiro atoms. The fourth-order valence-corrected chi connectivity index (χ4v) is 1.82. The van der Waals surface area contributed by atoms with Gasteiger partial charge in [-0.25, -0.2) is 9.59 Å². The van der Waals surface area contributed by atoms with Crippen LogP contribution >= 0.6 is 0 Å². The summed E-state index contributed by atoms with van der Waals surface area (Å²) in [6, 6.07) is 5.97. The molecule has 2 rings (SSSR count). The van der Waals surface area contributed by atoms with Crippen molar-refractivity contribution in [3.63, 3.8) is 0 Å². The standard InChI is InChI=1S/C13H14N2O3/c16-12(17)9-4-3-7-11(8-9)15-13(18)14-10-5-1-2-6-10/h1-4,7-8,10H,5-6H2,(H,16,17)(H2,14,15,18). The molecule has 2 amide bonds. The van der Waals surface area contributed by atoms with E-state index in [2.05, 4.69) is 10.6 Å². The summed E-state index contributed by atoms with van der Waals surface area (Å²) in [5.41, 5.74) is 0.619. The van der Waals surface area contributed by atoms with Gasteiger partial charge in [-0.1, -0.05) is 18.2 Å². The molecule has 1 aliphatic carbocycles. The van der Waals surface area contributed by atoms with Crippen LogP contribution in [0.15, 0.2) is 36.4 Å². The minimum absolute atomic E-state index is 0.132. The second-order valence-corrected chi connectivity index (χ2v) is 4.12. The quantitative estimate of drug-likeness (QED) is 0.715. The highest BCUT2D eigenvalue weighted by atomic mass is 16.4. The second-order valence-electron chi connectivity index (χ2n) is 4.12. The smallest absolute Gasteiger partial charge is 0.335 e. The van der Waals surface area contributed by atoms with Gasteiger partial charge in [-0.3, -0.25) is 0 Å². The lowest BCUT2D eigenvalue weighted by Crippen LogP contribution is -2.36. The van der Waals surface area contributed by atoms with E-state index in [1.54, 1.807) is 12.1 Å². The Labute approximate surface area is 105 Å². The first kappa shape index (κ1) is 12.2. The van der Waals surface area contributed by atoms with Crippen molar-refractivity contribution >= 4 is 17.7 Å². The molecule has 0 aromatic heterocycles. The van der Waals surface area contributed by atoms with Crippen molar-refractivity contribution in [3.05, 3.63) is 42.0 Å². The van der Waals surface area contributed by atoms with E-state index in [4.69, 9.17) is 5.11 Å². The number of rotatable bonds is 3. The van der Waals surface area contributed by atoms with Crippen LogP contribution in [0.1, 0.15) is 23.2 Å². The van der Waals surface area contributed by atoms with Crippen molar-refractivity contribution in [2.75, 3.05) is 5.32 Å². The van der Waals surface area contributed by atoms with E-state index in [-0.39, 0.29) is 17.6 Å². The zero-order valence-electron chi connectivity index (χ0n) is 9.72. The Hall–Kier alpha value is -2.30. The van der Waals surface area contributed by atoms with Crippen molar-refractivity contribution in [2.24, 2.45) is 0 Å². The Bertz CT molecular complexity index is 489. The monoisotopic (exact) mass is 246 g/mol. The molecule has 5 nitrogen and oxygen atoms in total. The Balaban J connectivity index is 1.94. The largest absolute Gasteiger partial charge is 0.478 e. The van der Waals surface area contributed by atoms with E-state index < -0.39 is 5.97 Å². The molecule has 18 heavy (non-hydrogen) atoms. The minimum atomic E-state index is -1.01. The normalized spacial score (nSPS) is 14.4. The molecule has 3 N–H and O–H groups in total. The highest BCUT2D eigenvalue weighted by molar-refractivity contribution is 5.93. The van der Waals surface area contributed by atoms with Gasteiger partial charge in [0.15, 0.2) is 0 Å². The Morgan fingerprint density at radius 1 is 1.22 bits per heavy atom. The molecule has 0 fully saturated rings. The van der Waals surface area contributed by atoms with Crippen LogP contribution in [0.25, 0.3) is 0 Å². The third kappa shape index (κ3) is 3.10. The SMILES string of the molecule is O=C(Nc1cccc(C(=O)O)c1)NC1CC=CC1. The van der Waals surface area contributed by atoms with Crippen molar-refractivity contribution in [1.82, 2.24) is 5.32 Å². The number of hydrogen-bond acceptors (Lipinski definition) is 2. The molecule has 1 aliphatic rings. The van der Waals surface area contributed by atoms with E-state index in [0.29, 0.717) is 5.69 Å². The average Bonchev–Trinajstić information content (AvgIpc) is 2.82. The summed E-state index contributed by atoms with van der Waals surface area (Å²) in [6.45, 7) is 0. The molecule has 1 aromatic carbocycles. The molecule has 0 saturated carbocycles. The maximum Gasteiger partial charge on any atom is 0.335 e. The molecule has 0 aliphatic heterocycles. The summed E-state index contributed by atoms with van der Waals surface area (Å²) in [5.74, 6) is -1.01. The predicted octanol–water partition coefficient (Wildman–Crippen LogP) is 2.22. The first-order valence-corrected chi connectivity index (χ1v) is 5.71. The van der Waals surface area contributed by atoms with Gasteiger partial charge < -0.3 is 15.7 Å². The molecule has 0 bridgehead atoms. The lowest BCUT2D eigenvalue weighted by Gasteiger charge is -2.13. The molecule has 94 valence electrons. The number of hydrogen-bond donors (Lipinski definition) is 3. The van der Waals surface area contributed by atoms with Gasteiger partial charge in [-0.15, -0.1) is 0 Å². The molecule has 0 heterocycles. The van der Waals surface area contributed by atoms with E-state index in [0.717, 1.165) is 12.8 Å². The molecule has 5 heteroatoms. The van der Waals surface area contributed by atoms with Crippen molar-refractivity contribution in [1.29, 1.82) is 0 Å². The Kier molecular flexibility index (Phi) is 3.62. The number of urea groups is 1. The highest BCUT2D eigenvalue weighted by Crippen LogP contribution is 2.12. The van der Waals surface area contributed by atoms with Crippen LogP contribution in [0.3, 0.4) is 0 Å². The van der Waals surface area contributed by atoms with Gasteiger partial charge in [0.2, 0.25) is 0 Å². The van der Waals surface area contributed by atoms with Crippen molar-refractivity contribution < 1.29 is 14.7 Å².